The third-order valence-electron chi connectivity index (χ3n) is 5.02. The zero-order valence-electron chi connectivity index (χ0n) is 19.1. The number of para-hydroxylation sites is 1. The quantitative estimate of drug-likeness (QED) is 0.209. The lowest BCUT2D eigenvalue weighted by atomic mass is 10.0. The number of aliphatic hydroxyl groups excluding tert-OH is 1. The van der Waals surface area contributed by atoms with Crippen LogP contribution in [0.5, 0.6) is 0 Å². The molecule has 178 valence electrons. The van der Waals surface area contributed by atoms with Crippen molar-refractivity contribution in [2.45, 2.75) is 13.0 Å². The van der Waals surface area contributed by atoms with Gasteiger partial charge in [0.1, 0.15) is 12.3 Å². The van der Waals surface area contributed by atoms with Gasteiger partial charge in [-0.15, -0.1) is 0 Å². The molecule has 0 aromatic heterocycles. The first-order valence-electron chi connectivity index (χ1n) is 10.6. The van der Waals surface area contributed by atoms with E-state index in [0.717, 1.165) is 5.56 Å². The summed E-state index contributed by atoms with van der Waals surface area (Å²) >= 11 is 0. The van der Waals surface area contributed by atoms with Crippen LogP contribution in [0.25, 0.3) is 0 Å². The van der Waals surface area contributed by atoms with Crippen LogP contribution in [0.15, 0.2) is 83.0 Å². The Labute approximate surface area is 201 Å². The number of benzene rings is 3. The molecule has 0 saturated carbocycles. The van der Waals surface area contributed by atoms with Crippen LogP contribution in [0.4, 0.5) is 11.4 Å². The van der Waals surface area contributed by atoms with Crippen molar-refractivity contribution in [1.29, 1.82) is 0 Å². The standard InChI is InChI=1S/C26H23N3O6/c1-16-8-10-17(11-9-16)24(32)23(25(33)27-19-6-4-3-5-7-19)29-28-21-14-18(22(31)15-30)12-13-20(21)26(34)35-2/h3-14,23,30H,15H2,1-2H3,(H,27,33). The van der Waals surface area contributed by atoms with E-state index < -0.39 is 36.1 Å². The third kappa shape index (κ3) is 6.30. The minimum atomic E-state index is -1.58. The first-order valence-corrected chi connectivity index (χ1v) is 10.6. The second-order valence-electron chi connectivity index (χ2n) is 7.51. The van der Waals surface area contributed by atoms with Gasteiger partial charge >= 0.3 is 5.97 Å². The van der Waals surface area contributed by atoms with E-state index in [-0.39, 0.29) is 22.4 Å². The largest absolute Gasteiger partial charge is 0.465 e. The number of nitrogens with zero attached hydrogens (tertiary/aromatic N) is 2. The number of methoxy groups -OCH3 is 1. The summed E-state index contributed by atoms with van der Waals surface area (Å²) in [6.07, 6.45) is 0. The second kappa shape index (κ2) is 11.6. The average Bonchev–Trinajstić information content (AvgIpc) is 2.88. The Hall–Kier alpha value is -4.50. The molecule has 1 unspecified atom stereocenters. The maximum Gasteiger partial charge on any atom is 0.340 e. The van der Waals surface area contributed by atoms with Crippen LogP contribution in [0.3, 0.4) is 0 Å². The van der Waals surface area contributed by atoms with E-state index in [1.807, 2.05) is 6.92 Å². The van der Waals surface area contributed by atoms with Gasteiger partial charge in [-0.1, -0.05) is 54.1 Å². The zero-order chi connectivity index (χ0) is 25.4. The molecule has 0 bridgehead atoms. The lowest BCUT2D eigenvalue weighted by Gasteiger charge is -2.12. The van der Waals surface area contributed by atoms with Crippen LogP contribution in [-0.2, 0) is 9.53 Å². The number of anilines is 1. The van der Waals surface area contributed by atoms with Gasteiger partial charge in [0.15, 0.2) is 11.6 Å². The van der Waals surface area contributed by atoms with Gasteiger partial charge in [0, 0.05) is 16.8 Å². The Morgan fingerprint density at radius 2 is 1.60 bits per heavy atom. The van der Waals surface area contributed by atoms with E-state index in [2.05, 4.69) is 15.5 Å². The topological polar surface area (TPSA) is 134 Å². The first-order chi connectivity index (χ1) is 16.8. The number of amides is 1. The highest BCUT2D eigenvalue weighted by molar-refractivity contribution is 6.17. The van der Waals surface area contributed by atoms with Crippen molar-refractivity contribution in [3.05, 3.63) is 95.1 Å². The van der Waals surface area contributed by atoms with E-state index in [0.29, 0.717) is 5.69 Å². The number of aryl methyl sites for hydroxylation is 1. The predicted molar refractivity (Wildman–Crippen MR) is 128 cm³/mol. The molecule has 9 nitrogen and oxygen atoms in total. The minimum absolute atomic E-state index is 0.0317. The SMILES string of the molecule is COC(=O)c1ccc(C(=O)CO)cc1N=NC(C(=O)Nc1ccccc1)C(=O)c1ccc(C)cc1. The molecule has 3 aromatic rings. The zero-order valence-corrected chi connectivity index (χ0v) is 19.1. The Kier molecular flexibility index (Phi) is 8.31. The summed E-state index contributed by atoms with van der Waals surface area (Å²) in [5, 5.41) is 19.8. The number of carbonyl (C=O) groups is 4. The molecular formula is C26H23N3O6. The summed E-state index contributed by atoms with van der Waals surface area (Å²) in [7, 11) is 1.17. The summed E-state index contributed by atoms with van der Waals surface area (Å²) < 4.78 is 4.74. The van der Waals surface area contributed by atoms with Gasteiger partial charge < -0.3 is 15.2 Å². The maximum absolute atomic E-state index is 13.2. The lowest BCUT2D eigenvalue weighted by molar-refractivity contribution is -0.116. The van der Waals surface area contributed by atoms with Crippen LogP contribution in [0.2, 0.25) is 0 Å². The Morgan fingerprint density at radius 1 is 0.943 bits per heavy atom. The number of azo groups is 1. The number of hydrogen-bond acceptors (Lipinski definition) is 8. The van der Waals surface area contributed by atoms with Crippen LogP contribution in [-0.4, -0.2) is 48.3 Å². The van der Waals surface area contributed by atoms with Gasteiger partial charge in [-0.25, -0.2) is 4.79 Å². The van der Waals surface area contributed by atoms with Crippen molar-refractivity contribution < 1.29 is 29.0 Å². The van der Waals surface area contributed by atoms with E-state index in [9.17, 15) is 19.2 Å². The molecule has 2 N–H and O–H groups in total. The second-order valence-corrected chi connectivity index (χ2v) is 7.51. The molecule has 0 heterocycles. The molecule has 0 aliphatic heterocycles. The number of ketones is 2. The molecule has 0 spiro atoms. The molecule has 0 radical (unpaired) electrons. The predicted octanol–water partition coefficient (Wildman–Crippen LogP) is 3.93. The molecule has 3 rings (SSSR count). The number of rotatable bonds is 9. The number of aliphatic hydroxyl groups is 1. The molecule has 0 aliphatic rings. The van der Waals surface area contributed by atoms with Crippen molar-refractivity contribution in [3.63, 3.8) is 0 Å². The van der Waals surface area contributed by atoms with Crippen LogP contribution < -0.4 is 5.32 Å². The van der Waals surface area contributed by atoms with Crippen LogP contribution in [0.1, 0.15) is 36.6 Å². The number of Topliss-reactive ketones (excluding diaryl/α,β-unsaturated/α-hetero) is 2. The molecule has 9 heteroatoms. The monoisotopic (exact) mass is 473 g/mol. The van der Waals surface area contributed by atoms with Gasteiger partial charge in [-0.2, -0.15) is 10.2 Å². The van der Waals surface area contributed by atoms with E-state index in [4.69, 9.17) is 9.84 Å². The summed E-state index contributed by atoms with van der Waals surface area (Å²) in [6.45, 7) is 1.12. The van der Waals surface area contributed by atoms with E-state index >= 15 is 0 Å². The van der Waals surface area contributed by atoms with E-state index in [1.165, 1.54) is 25.3 Å². The maximum atomic E-state index is 13.2. The number of esters is 1. The molecule has 0 saturated heterocycles. The van der Waals surface area contributed by atoms with Gasteiger partial charge in [0.25, 0.3) is 5.91 Å². The number of ether oxygens (including phenoxy) is 1. The molecule has 1 atom stereocenters. The third-order valence-corrected chi connectivity index (χ3v) is 5.02. The molecule has 1 amide bonds. The van der Waals surface area contributed by atoms with E-state index in [1.54, 1.807) is 54.6 Å². The highest BCUT2D eigenvalue weighted by atomic mass is 16.5. The van der Waals surface area contributed by atoms with Crippen molar-refractivity contribution in [2.75, 3.05) is 19.0 Å². The molecule has 35 heavy (non-hydrogen) atoms. The van der Waals surface area contributed by atoms with Gasteiger partial charge in [-0.05, 0) is 31.2 Å². The molecular weight excluding hydrogens is 450 g/mol. The summed E-state index contributed by atoms with van der Waals surface area (Å²) in [4.78, 5) is 50.4. The normalized spacial score (nSPS) is 11.6. The van der Waals surface area contributed by atoms with Crippen LogP contribution >= 0.6 is 0 Å². The highest BCUT2D eigenvalue weighted by Gasteiger charge is 2.28. The highest BCUT2D eigenvalue weighted by Crippen LogP contribution is 2.24. The fourth-order valence-electron chi connectivity index (χ4n) is 3.11. The smallest absolute Gasteiger partial charge is 0.340 e. The van der Waals surface area contributed by atoms with Crippen LogP contribution in [0, 0.1) is 6.92 Å². The average molecular weight is 473 g/mol. The molecule has 3 aromatic carbocycles. The van der Waals surface area contributed by atoms with Gasteiger partial charge in [0.05, 0.1) is 12.7 Å². The van der Waals surface area contributed by atoms with Crippen molar-refractivity contribution in [1.82, 2.24) is 0 Å². The minimum Gasteiger partial charge on any atom is -0.465 e. The summed E-state index contributed by atoms with van der Waals surface area (Å²) in [6, 6.07) is 17.4. The summed E-state index contributed by atoms with van der Waals surface area (Å²) in [5.74, 6) is -2.69. The summed E-state index contributed by atoms with van der Waals surface area (Å²) in [5.41, 5.74) is 1.59. The molecule has 0 aliphatic carbocycles. The lowest BCUT2D eigenvalue weighted by Crippen LogP contribution is -2.33. The Morgan fingerprint density at radius 3 is 2.23 bits per heavy atom. The van der Waals surface area contributed by atoms with Crippen molar-refractivity contribution in [3.8, 4) is 0 Å². The number of carbonyl (C=O) groups excluding carboxylic acids is 4. The van der Waals surface area contributed by atoms with Crippen molar-refractivity contribution >= 4 is 34.8 Å². The molecule has 0 fully saturated rings. The number of nitrogens with one attached hydrogen (secondary N) is 1. The fraction of sp³-hybridized carbons (Fsp3) is 0.154. The van der Waals surface area contributed by atoms with Gasteiger partial charge in [-0.3, -0.25) is 14.4 Å². The Balaban J connectivity index is 2.03. The Bertz CT molecular complexity index is 1270. The van der Waals surface area contributed by atoms with Crippen molar-refractivity contribution in [2.24, 2.45) is 10.2 Å². The fourth-order valence-corrected chi connectivity index (χ4v) is 3.11. The number of hydrogen-bond donors (Lipinski definition) is 2. The van der Waals surface area contributed by atoms with Gasteiger partial charge in [0.2, 0.25) is 6.04 Å². The first kappa shape index (κ1) is 25.1.